The van der Waals surface area contributed by atoms with E-state index in [0.29, 0.717) is 11.3 Å². The molecule has 1 N–H and O–H groups in total. The van der Waals surface area contributed by atoms with Gasteiger partial charge in [-0.25, -0.2) is 13.4 Å². The van der Waals surface area contributed by atoms with Crippen molar-refractivity contribution in [2.45, 2.75) is 8.69 Å². The number of nitrogens with one attached hydrogen (secondary N) is 1. The number of rotatable bonds is 4. The maximum atomic E-state index is 11.6. The lowest BCUT2D eigenvalue weighted by atomic mass is 10.2. The topological polar surface area (TPSA) is 97.7 Å². The Morgan fingerprint density at radius 1 is 1.00 bits per heavy atom. The van der Waals surface area contributed by atoms with Crippen LogP contribution in [0, 0.1) is 0 Å². The zero-order valence-electron chi connectivity index (χ0n) is 13.8. The van der Waals surface area contributed by atoms with Crippen molar-refractivity contribution in [2.75, 3.05) is 11.6 Å². The summed E-state index contributed by atoms with van der Waals surface area (Å²) < 4.78 is 21.4. The number of anilines is 2. The third-order valence-corrected chi connectivity index (χ3v) is 4.98. The van der Waals surface area contributed by atoms with Crippen LogP contribution in [0.4, 0.5) is 11.6 Å². The van der Waals surface area contributed by atoms with Crippen LogP contribution in [0.15, 0.2) is 53.7 Å². The van der Waals surface area contributed by atoms with Gasteiger partial charge >= 0.3 is 0 Å². The molecule has 3 rings (SSSR count). The van der Waals surface area contributed by atoms with Gasteiger partial charge in [0.05, 0.1) is 16.8 Å². The summed E-state index contributed by atoms with van der Waals surface area (Å²) in [6.07, 6.45) is 4.33. The molecule has 2 heterocycles. The van der Waals surface area contributed by atoms with E-state index in [1.807, 2.05) is 0 Å². The van der Waals surface area contributed by atoms with Gasteiger partial charge in [-0.3, -0.25) is 4.98 Å². The normalized spacial score (nSPS) is 12.0. The Balaban J connectivity index is 2.05. The molecule has 0 fully saturated rings. The Bertz CT molecular complexity index is 1060. The third-order valence-electron chi connectivity index (χ3n) is 3.35. The first-order chi connectivity index (χ1) is 12.6. The average Bonchev–Trinajstić information content (AvgIpc) is 2.61. The van der Waals surface area contributed by atoms with E-state index in [2.05, 4.69) is 25.3 Å². The molecule has 0 atom stereocenters. The summed E-state index contributed by atoms with van der Waals surface area (Å²) in [6, 6.07) is 9.56. The van der Waals surface area contributed by atoms with Gasteiger partial charge in [-0.05, 0) is 36.4 Å². The van der Waals surface area contributed by atoms with Crippen molar-refractivity contribution in [3.8, 4) is 11.4 Å². The number of alkyl halides is 3. The van der Waals surface area contributed by atoms with E-state index in [4.69, 9.17) is 34.8 Å². The van der Waals surface area contributed by atoms with Crippen LogP contribution in [0.25, 0.3) is 11.4 Å². The molecule has 27 heavy (non-hydrogen) atoms. The molecule has 140 valence electrons. The van der Waals surface area contributed by atoms with Crippen LogP contribution in [-0.4, -0.2) is 34.6 Å². The first-order valence-corrected chi connectivity index (χ1v) is 10.5. The largest absolute Gasteiger partial charge is 0.323 e. The molecule has 0 radical (unpaired) electrons. The van der Waals surface area contributed by atoms with Crippen LogP contribution in [0.5, 0.6) is 0 Å². The zero-order chi connectivity index (χ0) is 19.7. The van der Waals surface area contributed by atoms with E-state index < -0.39 is 13.6 Å². The van der Waals surface area contributed by atoms with Gasteiger partial charge in [-0.1, -0.05) is 34.8 Å². The van der Waals surface area contributed by atoms with Crippen molar-refractivity contribution < 1.29 is 8.42 Å². The summed E-state index contributed by atoms with van der Waals surface area (Å²) >= 11 is 17.8. The minimum atomic E-state index is -3.32. The lowest BCUT2D eigenvalue weighted by Crippen LogP contribution is -2.12. The second kappa shape index (κ2) is 7.55. The molecule has 7 nitrogen and oxygen atoms in total. The molecule has 3 aromatic rings. The lowest BCUT2D eigenvalue weighted by Gasteiger charge is -2.13. The second-order valence-electron chi connectivity index (χ2n) is 5.47. The summed E-state index contributed by atoms with van der Waals surface area (Å²) in [5.74, 6) is 0.301. The minimum Gasteiger partial charge on any atom is -0.323 e. The molecule has 0 bridgehead atoms. The summed E-state index contributed by atoms with van der Waals surface area (Å²) in [5.41, 5.74) is 1.17. The highest BCUT2D eigenvalue weighted by molar-refractivity contribution is 7.90. The summed E-state index contributed by atoms with van der Waals surface area (Å²) in [6.45, 7) is 0. The van der Waals surface area contributed by atoms with E-state index >= 15 is 0 Å². The summed E-state index contributed by atoms with van der Waals surface area (Å²) in [7, 11) is -3.32. The van der Waals surface area contributed by atoms with E-state index in [9.17, 15) is 8.42 Å². The number of benzene rings is 1. The van der Waals surface area contributed by atoms with Crippen molar-refractivity contribution in [3.05, 3.63) is 54.6 Å². The van der Waals surface area contributed by atoms with Crippen LogP contribution in [-0.2, 0) is 13.6 Å². The van der Waals surface area contributed by atoms with Gasteiger partial charge in [0.1, 0.15) is 0 Å². The maximum Gasteiger partial charge on any atom is 0.250 e. The van der Waals surface area contributed by atoms with E-state index in [0.717, 1.165) is 6.26 Å². The number of hydrogen-bond acceptors (Lipinski definition) is 7. The Morgan fingerprint density at radius 2 is 1.70 bits per heavy atom. The van der Waals surface area contributed by atoms with E-state index in [1.54, 1.807) is 36.7 Å². The lowest BCUT2D eigenvalue weighted by molar-refractivity contribution is 0.602. The molecule has 0 amide bonds. The van der Waals surface area contributed by atoms with Crippen LogP contribution in [0.3, 0.4) is 0 Å². The molecule has 0 saturated heterocycles. The van der Waals surface area contributed by atoms with Gasteiger partial charge < -0.3 is 5.32 Å². The van der Waals surface area contributed by atoms with E-state index in [-0.39, 0.29) is 22.5 Å². The van der Waals surface area contributed by atoms with Crippen molar-refractivity contribution >= 4 is 56.3 Å². The number of aromatic nitrogens is 4. The fourth-order valence-electron chi connectivity index (χ4n) is 2.10. The van der Waals surface area contributed by atoms with Gasteiger partial charge in [-0.2, -0.15) is 9.97 Å². The van der Waals surface area contributed by atoms with Gasteiger partial charge in [0.25, 0.3) is 0 Å². The Labute approximate surface area is 170 Å². The second-order valence-corrected chi connectivity index (χ2v) is 9.76. The number of sulfone groups is 1. The average molecular weight is 445 g/mol. The quantitative estimate of drug-likeness (QED) is 0.609. The number of pyridine rings is 1. The first-order valence-electron chi connectivity index (χ1n) is 7.44. The van der Waals surface area contributed by atoms with Gasteiger partial charge in [0.2, 0.25) is 9.74 Å². The van der Waals surface area contributed by atoms with Crippen LogP contribution < -0.4 is 5.32 Å². The fraction of sp³-hybridized carbons (Fsp3) is 0.125. The monoisotopic (exact) mass is 443 g/mol. The van der Waals surface area contributed by atoms with Gasteiger partial charge in [0.15, 0.2) is 21.5 Å². The SMILES string of the molecule is CS(=O)(=O)c1ccc(-c2nc(Nc3cccnc3)nc(C(Cl)(Cl)Cl)n2)cc1. The third kappa shape index (κ3) is 5.04. The van der Waals surface area contributed by atoms with E-state index in [1.165, 1.54) is 12.1 Å². The Hall–Kier alpha value is -2.00. The smallest absolute Gasteiger partial charge is 0.250 e. The van der Waals surface area contributed by atoms with Crippen LogP contribution >= 0.6 is 34.8 Å². The molecule has 2 aromatic heterocycles. The highest BCUT2D eigenvalue weighted by Crippen LogP contribution is 2.37. The molecule has 0 unspecified atom stereocenters. The Morgan fingerprint density at radius 3 is 2.26 bits per heavy atom. The van der Waals surface area contributed by atoms with Crippen LogP contribution in [0.1, 0.15) is 5.82 Å². The minimum absolute atomic E-state index is 0.0731. The van der Waals surface area contributed by atoms with Gasteiger partial charge in [0, 0.05) is 18.0 Å². The Kier molecular flexibility index (Phi) is 5.53. The van der Waals surface area contributed by atoms with Crippen molar-refractivity contribution in [1.82, 2.24) is 19.9 Å². The molecule has 0 saturated carbocycles. The number of halogens is 3. The predicted octanol–water partition coefficient (Wildman–Crippen LogP) is 3.91. The summed E-state index contributed by atoms with van der Waals surface area (Å²) in [5, 5.41) is 2.97. The molecule has 11 heteroatoms. The molecule has 0 spiro atoms. The standard InChI is InChI=1S/C16H12Cl3N5O2S/c1-27(25,26)12-6-4-10(5-7-12)13-22-14(16(17,18)19)24-15(23-13)21-11-3-2-8-20-9-11/h2-9H,1H3,(H,21,22,23,24). The zero-order valence-corrected chi connectivity index (χ0v) is 16.9. The fourth-order valence-corrected chi connectivity index (χ4v) is 2.99. The molecular weight excluding hydrogens is 433 g/mol. The van der Waals surface area contributed by atoms with Crippen molar-refractivity contribution in [2.24, 2.45) is 0 Å². The molecule has 0 aliphatic carbocycles. The first kappa shape index (κ1) is 19.8. The van der Waals surface area contributed by atoms with Crippen LogP contribution in [0.2, 0.25) is 0 Å². The maximum absolute atomic E-state index is 11.6. The highest BCUT2D eigenvalue weighted by Gasteiger charge is 2.28. The highest BCUT2D eigenvalue weighted by atomic mass is 35.6. The van der Waals surface area contributed by atoms with Crippen molar-refractivity contribution in [3.63, 3.8) is 0 Å². The summed E-state index contributed by atoms with van der Waals surface area (Å²) in [4.78, 5) is 16.8. The predicted molar refractivity (Wildman–Crippen MR) is 105 cm³/mol. The molecule has 1 aromatic carbocycles. The molecule has 0 aliphatic rings. The molecule has 0 aliphatic heterocycles. The number of hydrogen-bond donors (Lipinski definition) is 1. The number of nitrogens with zero attached hydrogens (tertiary/aromatic N) is 4. The molecular formula is C16H12Cl3N5O2S. The van der Waals surface area contributed by atoms with Gasteiger partial charge in [-0.15, -0.1) is 0 Å². The van der Waals surface area contributed by atoms with Crippen molar-refractivity contribution in [1.29, 1.82) is 0 Å².